The maximum Gasteiger partial charge on any atom is 0.346 e. The standard InChI is InChI=1S/C22H16N2O4/c1-26-12-7-8-18(27-2)15(9-12)14-10-16-13-5-3-4-6-19(13)28-22(25)20(16)21(24)17(14)11-23/h3-10H,24H2,1-2H3. The van der Waals surface area contributed by atoms with E-state index >= 15 is 0 Å². The summed E-state index contributed by atoms with van der Waals surface area (Å²) in [5.74, 6) is 1.17. The van der Waals surface area contributed by atoms with Crippen LogP contribution in [0.4, 0.5) is 5.69 Å². The lowest BCUT2D eigenvalue weighted by molar-refractivity contribution is 0.404. The first kappa shape index (κ1) is 17.4. The number of nitrogens with two attached hydrogens (primary N) is 1. The van der Waals surface area contributed by atoms with Crippen molar-refractivity contribution in [1.82, 2.24) is 0 Å². The Balaban J connectivity index is 2.21. The zero-order valence-corrected chi connectivity index (χ0v) is 15.3. The van der Waals surface area contributed by atoms with Gasteiger partial charge in [-0.1, -0.05) is 18.2 Å². The molecule has 0 saturated heterocycles. The van der Waals surface area contributed by atoms with E-state index in [2.05, 4.69) is 6.07 Å². The lowest BCUT2D eigenvalue weighted by Crippen LogP contribution is -2.06. The fourth-order valence-electron chi connectivity index (χ4n) is 3.42. The van der Waals surface area contributed by atoms with Crippen molar-refractivity contribution in [2.24, 2.45) is 0 Å². The van der Waals surface area contributed by atoms with E-state index in [1.165, 1.54) is 0 Å². The summed E-state index contributed by atoms with van der Waals surface area (Å²) in [6, 6.07) is 16.4. The number of benzene rings is 3. The van der Waals surface area contributed by atoms with Gasteiger partial charge in [0.05, 0.1) is 30.9 Å². The minimum atomic E-state index is -0.577. The van der Waals surface area contributed by atoms with Crippen LogP contribution in [0.15, 0.2) is 57.7 Å². The molecule has 0 unspecified atom stereocenters. The summed E-state index contributed by atoms with van der Waals surface area (Å²) in [4.78, 5) is 12.6. The topological polar surface area (TPSA) is 98.5 Å². The smallest absolute Gasteiger partial charge is 0.346 e. The molecule has 0 spiro atoms. The number of anilines is 1. The van der Waals surface area contributed by atoms with Crippen molar-refractivity contribution >= 4 is 27.4 Å². The number of hydrogen-bond acceptors (Lipinski definition) is 6. The number of hydrogen-bond donors (Lipinski definition) is 1. The molecule has 3 aromatic carbocycles. The number of ether oxygens (including phenoxy) is 2. The summed E-state index contributed by atoms with van der Waals surface area (Å²) in [5.41, 5.74) is 7.60. The molecule has 0 aliphatic heterocycles. The van der Waals surface area contributed by atoms with Crippen molar-refractivity contribution in [3.63, 3.8) is 0 Å². The quantitative estimate of drug-likeness (QED) is 0.330. The number of methoxy groups -OCH3 is 2. The second-order valence-corrected chi connectivity index (χ2v) is 6.20. The molecule has 4 rings (SSSR count). The monoisotopic (exact) mass is 372 g/mol. The van der Waals surface area contributed by atoms with E-state index in [4.69, 9.17) is 19.6 Å². The Hall–Kier alpha value is -3.98. The normalized spacial score (nSPS) is 10.8. The lowest BCUT2D eigenvalue weighted by atomic mass is 9.93. The van der Waals surface area contributed by atoms with Gasteiger partial charge < -0.3 is 19.6 Å². The number of nitrogen functional groups attached to an aromatic ring is 1. The molecule has 1 aromatic heterocycles. The second-order valence-electron chi connectivity index (χ2n) is 6.20. The highest BCUT2D eigenvalue weighted by molar-refractivity contribution is 6.12. The van der Waals surface area contributed by atoms with E-state index in [-0.39, 0.29) is 16.6 Å². The minimum Gasteiger partial charge on any atom is -0.497 e. The maximum atomic E-state index is 12.6. The molecular formula is C22H16N2O4. The van der Waals surface area contributed by atoms with Crippen molar-refractivity contribution in [1.29, 1.82) is 5.26 Å². The first-order chi connectivity index (χ1) is 13.6. The van der Waals surface area contributed by atoms with Crippen molar-refractivity contribution in [2.75, 3.05) is 20.0 Å². The zero-order valence-electron chi connectivity index (χ0n) is 15.3. The first-order valence-electron chi connectivity index (χ1n) is 8.49. The van der Waals surface area contributed by atoms with Crippen LogP contribution < -0.4 is 20.8 Å². The molecule has 6 nitrogen and oxygen atoms in total. The van der Waals surface area contributed by atoms with Gasteiger partial charge >= 0.3 is 5.63 Å². The first-order valence-corrected chi connectivity index (χ1v) is 8.49. The molecule has 0 atom stereocenters. The molecule has 0 aliphatic carbocycles. The molecule has 1 heterocycles. The van der Waals surface area contributed by atoms with Gasteiger partial charge in [-0.2, -0.15) is 5.26 Å². The van der Waals surface area contributed by atoms with Crippen molar-refractivity contribution in [2.45, 2.75) is 0 Å². The van der Waals surface area contributed by atoms with Gasteiger partial charge in [0.2, 0.25) is 0 Å². The fraction of sp³-hybridized carbons (Fsp3) is 0.0909. The highest BCUT2D eigenvalue weighted by Gasteiger charge is 2.20. The third-order valence-electron chi connectivity index (χ3n) is 4.76. The van der Waals surface area contributed by atoms with Crippen molar-refractivity contribution in [3.05, 3.63) is 64.5 Å². The summed E-state index contributed by atoms with van der Waals surface area (Å²) < 4.78 is 16.2. The van der Waals surface area contributed by atoms with Gasteiger partial charge in [0, 0.05) is 21.9 Å². The summed E-state index contributed by atoms with van der Waals surface area (Å²) in [5, 5.41) is 11.3. The largest absolute Gasteiger partial charge is 0.497 e. The molecule has 0 aliphatic rings. The van der Waals surface area contributed by atoms with Gasteiger partial charge in [0.15, 0.2) is 0 Å². The van der Waals surface area contributed by atoms with Gasteiger partial charge in [-0.3, -0.25) is 0 Å². The van der Waals surface area contributed by atoms with E-state index in [1.54, 1.807) is 50.6 Å². The third-order valence-corrected chi connectivity index (χ3v) is 4.76. The highest BCUT2D eigenvalue weighted by atomic mass is 16.5. The molecule has 0 amide bonds. The summed E-state index contributed by atoms with van der Waals surface area (Å²) in [7, 11) is 3.11. The molecule has 138 valence electrons. The number of para-hydroxylation sites is 1. The van der Waals surface area contributed by atoms with E-state index in [0.29, 0.717) is 33.6 Å². The number of nitriles is 1. The Morgan fingerprint density at radius 1 is 1.00 bits per heavy atom. The van der Waals surface area contributed by atoms with Gasteiger partial charge in [0.1, 0.15) is 23.2 Å². The van der Waals surface area contributed by atoms with E-state index < -0.39 is 5.63 Å². The molecule has 28 heavy (non-hydrogen) atoms. The Labute approximate surface area is 160 Å². The molecule has 0 radical (unpaired) electrons. The van der Waals surface area contributed by atoms with Crippen molar-refractivity contribution in [3.8, 4) is 28.7 Å². The maximum absolute atomic E-state index is 12.6. The summed E-state index contributed by atoms with van der Waals surface area (Å²) in [6.07, 6.45) is 0. The van der Waals surface area contributed by atoms with Crippen LogP contribution in [-0.4, -0.2) is 14.2 Å². The fourth-order valence-corrected chi connectivity index (χ4v) is 3.42. The average Bonchev–Trinajstić information content (AvgIpc) is 2.72. The Morgan fingerprint density at radius 2 is 1.79 bits per heavy atom. The average molecular weight is 372 g/mol. The van der Waals surface area contributed by atoms with Gasteiger partial charge in [-0.25, -0.2) is 4.79 Å². The van der Waals surface area contributed by atoms with E-state index in [9.17, 15) is 10.1 Å². The van der Waals surface area contributed by atoms with Gasteiger partial charge in [-0.05, 0) is 30.3 Å². The molecule has 0 fully saturated rings. The summed E-state index contributed by atoms with van der Waals surface area (Å²) >= 11 is 0. The van der Waals surface area contributed by atoms with Crippen LogP contribution in [0.3, 0.4) is 0 Å². The third kappa shape index (κ3) is 2.53. The van der Waals surface area contributed by atoms with Crippen molar-refractivity contribution < 1.29 is 13.9 Å². The highest BCUT2D eigenvalue weighted by Crippen LogP contribution is 2.40. The molecule has 0 saturated carbocycles. The number of nitrogens with zero attached hydrogens (tertiary/aromatic N) is 1. The summed E-state index contributed by atoms with van der Waals surface area (Å²) in [6.45, 7) is 0. The van der Waals surface area contributed by atoms with Crippen LogP contribution >= 0.6 is 0 Å². The Morgan fingerprint density at radius 3 is 2.50 bits per heavy atom. The number of fused-ring (bicyclic) bond motifs is 3. The van der Waals surface area contributed by atoms with Crippen LogP contribution in [0.2, 0.25) is 0 Å². The Bertz CT molecular complexity index is 1330. The van der Waals surface area contributed by atoms with Crippen LogP contribution in [-0.2, 0) is 0 Å². The van der Waals surface area contributed by atoms with Crippen LogP contribution in [0.5, 0.6) is 11.5 Å². The van der Waals surface area contributed by atoms with Crippen LogP contribution in [0.1, 0.15) is 5.56 Å². The molecule has 0 bridgehead atoms. The molecule has 4 aromatic rings. The van der Waals surface area contributed by atoms with Gasteiger partial charge in [0.25, 0.3) is 0 Å². The van der Waals surface area contributed by atoms with Gasteiger partial charge in [-0.15, -0.1) is 0 Å². The molecule has 6 heteroatoms. The predicted octanol–water partition coefficient (Wildman–Crippen LogP) is 4.08. The van der Waals surface area contributed by atoms with Crippen LogP contribution in [0, 0.1) is 11.3 Å². The predicted molar refractivity (Wildman–Crippen MR) is 108 cm³/mol. The zero-order chi connectivity index (χ0) is 19.8. The SMILES string of the molecule is COc1ccc(OC)c(-c2cc3c(c(N)c2C#N)c(=O)oc2ccccc23)c1. The molecular weight excluding hydrogens is 356 g/mol. The molecule has 2 N–H and O–H groups in total. The van der Waals surface area contributed by atoms with E-state index in [1.807, 2.05) is 12.1 Å². The minimum absolute atomic E-state index is 0.0828. The van der Waals surface area contributed by atoms with E-state index in [0.717, 1.165) is 5.39 Å². The second kappa shape index (κ2) is 6.63. The van der Waals surface area contributed by atoms with Crippen LogP contribution in [0.25, 0.3) is 32.9 Å². The lowest BCUT2D eigenvalue weighted by Gasteiger charge is -2.15. The Kier molecular flexibility index (Phi) is 4.13. The number of rotatable bonds is 3.